The molecule has 0 bridgehead atoms. The highest BCUT2D eigenvalue weighted by molar-refractivity contribution is 4.97. The molecule has 1 nitrogen and oxygen atoms in total. The first kappa shape index (κ1) is 10.0. The minimum atomic E-state index is 0.391. The van der Waals surface area contributed by atoms with Crippen molar-refractivity contribution in [1.29, 1.82) is 0 Å². The van der Waals surface area contributed by atoms with Gasteiger partial charge in [-0.25, -0.2) is 0 Å². The molecule has 0 aromatic rings. The summed E-state index contributed by atoms with van der Waals surface area (Å²) in [6.07, 6.45) is 0. The van der Waals surface area contributed by atoms with Gasteiger partial charge in [0, 0.05) is 6.04 Å². The normalized spacial score (nSPS) is 39.8. The molecule has 12 heavy (non-hydrogen) atoms. The van der Waals surface area contributed by atoms with Crippen molar-refractivity contribution in [3.05, 3.63) is 0 Å². The topological polar surface area (TPSA) is 26.0 Å². The molecule has 0 heterocycles. The first-order valence-corrected chi connectivity index (χ1v) is 5.22. The van der Waals surface area contributed by atoms with Crippen LogP contribution in [0.4, 0.5) is 0 Å². The Labute approximate surface area is 76.7 Å². The molecular weight excluding hydrogens is 146 g/mol. The lowest BCUT2D eigenvalue weighted by atomic mass is 9.88. The van der Waals surface area contributed by atoms with E-state index in [-0.39, 0.29) is 0 Å². The first-order chi connectivity index (χ1) is 5.46. The summed E-state index contributed by atoms with van der Waals surface area (Å²) in [6, 6.07) is 0.391. The van der Waals surface area contributed by atoms with Crippen LogP contribution in [0.15, 0.2) is 0 Å². The summed E-state index contributed by atoms with van der Waals surface area (Å²) in [5.41, 5.74) is 6.13. The average Bonchev–Trinajstić information content (AvgIpc) is 2.57. The maximum atomic E-state index is 6.13. The quantitative estimate of drug-likeness (QED) is 0.690. The van der Waals surface area contributed by atoms with Crippen LogP contribution in [0.2, 0.25) is 0 Å². The highest BCUT2D eigenvalue weighted by Gasteiger charge is 2.47. The molecule has 0 saturated heterocycles. The van der Waals surface area contributed by atoms with Gasteiger partial charge in [0.05, 0.1) is 0 Å². The van der Waals surface area contributed by atoms with Crippen molar-refractivity contribution in [2.75, 3.05) is 0 Å². The summed E-state index contributed by atoms with van der Waals surface area (Å²) in [4.78, 5) is 0. The maximum Gasteiger partial charge on any atom is 0.00905 e. The zero-order valence-electron chi connectivity index (χ0n) is 9.04. The van der Waals surface area contributed by atoms with Crippen molar-refractivity contribution in [2.24, 2.45) is 35.3 Å². The summed E-state index contributed by atoms with van der Waals surface area (Å²) in [7, 11) is 0. The van der Waals surface area contributed by atoms with Crippen LogP contribution in [0.5, 0.6) is 0 Å². The molecule has 1 saturated carbocycles. The molecule has 0 amide bonds. The standard InChI is InChI=1S/C11H23N/c1-6(2)11(12)9(5)10-7(3)8(10)4/h6-11H,12H2,1-5H3. The van der Waals surface area contributed by atoms with E-state index in [1.165, 1.54) is 0 Å². The summed E-state index contributed by atoms with van der Waals surface area (Å²) >= 11 is 0. The molecule has 1 aliphatic carbocycles. The molecule has 0 spiro atoms. The Hall–Kier alpha value is -0.0400. The van der Waals surface area contributed by atoms with Gasteiger partial charge in [-0.05, 0) is 29.6 Å². The van der Waals surface area contributed by atoms with E-state index in [4.69, 9.17) is 5.73 Å². The van der Waals surface area contributed by atoms with E-state index in [0.717, 1.165) is 17.8 Å². The summed E-state index contributed by atoms with van der Waals surface area (Å²) in [5, 5.41) is 0. The van der Waals surface area contributed by atoms with Crippen LogP contribution >= 0.6 is 0 Å². The minimum Gasteiger partial charge on any atom is -0.327 e. The van der Waals surface area contributed by atoms with Crippen molar-refractivity contribution >= 4 is 0 Å². The van der Waals surface area contributed by atoms with E-state index in [9.17, 15) is 0 Å². The van der Waals surface area contributed by atoms with Crippen LogP contribution in [0.1, 0.15) is 34.6 Å². The molecular formula is C11H23N. The predicted octanol–water partition coefficient (Wildman–Crippen LogP) is 2.51. The Kier molecular flexibility index (Phi) is 2.82. The smallest absolute Gasteiger partial charge is 0.00905 e. The number of nitrogens with two attached hydrogens (primary N) is 1. The maximum absolute atomic E-state index is 6.13. The zero-order chi connectivity index (χ0) is 9.46. The summed E-state index contributed by atoms with van der Waals surface area (Å²) in [6.45, 7) is 11.4. The second-order valence-electron chi connectivity index (χ2n) is 4.98. The molecule has 1 aliphatic rings. The third kappa shape index (κ3) is 1.66. The van der Waals surface area contributed by atoms with Crippen molar-refractivity contribution in [3.8, 4) is 0 Å². The van der Waals surface area contributed by atoms with Gasteiger partial charge in [-0.15, -0.1) is 0 Å². The van der Waals surface area contributed by atoms with Gasteiger partial charge in [-0.1, -0.05) is 34.6 Å². The molecule has 4 unspecified atom stereocenters. The monoisotopic (exact) mass is 169 g/mol. The Bertz CT molecular complexity index is 136. The molecule has 1 heteroatoms. The average molecular weight is 169 g/mol. The van der Waals surface area contributed by atoms with E-state index in [0.29, 0.717) is 17.9 Å². The van der Waals surface area contributed by atoms with E-state index in [1.54, 1.807) is 0 Å². The fourth-order valence-electron chi connectivity index (χ4n) is 2.52. The van der Waals surface area contributed by atoms with Crippen LogP contribution in [-0.4, -0.2) is 6.04 Å². The van der Waals surface area contributed by atoms with Crippen LogP contribution in [0.25, 0.3) is 0 Å². The van der Waals surface area contributed by atoms with Gasteiger partial charge in [-0.2, -0.15) is 0 Å². The Balaban J connectivity index is 2.43. The van der Waals surface area contributed by atoms with Crippen molar-refractivity contribution < 1.29 is 0 Å². The molecule has 1 fully saturated rings. The predicted molar refractivity (Wildman–Crippen MR) is 53.8 cm³/mol. The molecule has 2 N–H and O–H groups in total. The molecule has 0 aliphatic heterocycles. The lowest BCUT2D eigenvalue weighted by Crippen LogP contribution is -2.35. The van der Waals surface area contributed by atoms with Gasteiger partial charge in [-0.3, -0.25) is 0 Å². The van der Waals surface area contributed by atoms with Gasteiger partial charge in [0.1, 0.15) is 0 Å². The second-order valence-corrected chi connectivity index (χ2v) is 4.98. The fourth-order valence-corrected chi connectivity index (χ4v) is 2.52. The fraction of sp³-hybridized carbons (Fsp3) is 1.00. The minimum absolute atomic E-state index is 0.391. The Morgan fingerprint density at radius 1 is 1.00 bits per heavy atom. The van der Waals surface area contributed by atoms with E-state index in [1.807, 2.05) is 0 Å². The molecule has 72 valence electrons. The number of hydrogen-bond acceptors (Lipinski definition) is 1. The van der Waals surface area contributed by atoms with Gasteiger partial charge < -0.3 is 5.73 Å². The SMILES string of the molecule is CC(C)C(N)C(C)C1C(C)C1C. The van der Waals surface area contributed by atoms with E-state index < -0.39 is 0 Å². The van der Waals surface area contributed by atoms with Gasteiger partial charge >= 0.3 is 0 Å². The van der Waals surface area contributed by atoms with Crippen molar-refractivity contribution in [3.63, 3.8) is 0 Å². The van der Waals surface area contributed by atoms with Crippen LogP contribution in [-0.2, 0) is 0 Å². The number of rotatable bonds is 3. The first-order valence-electron chi connectivity index (χ1n) is 5.22. The molecule has 1 rings (SSSR count). The van der Waals surface area contributed by atoms with Crippen LogP contribution in [0.3, 0.4) is 0 Å². The molecule has 0 radical (unpaired) electrons. The van der Waals surface area contributed by atoms with Gasteiger partial charge in [0.15, 0.2) is 0 Å². The molecule has 0 aromatic heterocycles. The summed E-state index contributed by atoms with van der Waals surface area (Å²) < 4.78 is 0. The molecule has 4 atom stereocenters. The lowest BCUT2D eigenvalue weighted by Gasteiger charge is -2.23. The van der Waals surface area contributed by atoms with Gasteiger partial charge in [0.2, 0.25) is 0 Å². The summed E-state index contributed by atoms with van der Waals surface area (Å²) in [5.74, 6) is 4.03. The van der Waals surface area contributed by atoms with Crippen LogP contribution in [0, 0.1) is 29.6 Å². The van der Waals surface area contributed by atoms with E-state index >= 15 is 0 Å². The van der Waals surface area contributed by atoms with Crippen molar-refractivity contribution in [1.82, 2.24) is 0 Å². The Morgan fingerprint density at radius 3 is 1.67 bits per heavy atom. The lowest BCUT2D eigenvalue weighted by molar-refractivity contribution is 0.315. The largest absolute Gasteiger partial charge is 0.327 e. The third-order valence-corrected chi connectivity index (χ3v) is 3.89. The van der Waals surface area contributed by atoms with Gasteiger partial charge in [0.25, 0.3) is 0 Å². The highest BCUT2D eigenvalue weighted by Crippen LogP contribution is 2.51. The zero-order valence-corrected chi connectivity index (χ0v) is 9.04. The van der Waals surface area contributed by atoms with Crippen molar-refractivity contribution in [2.45, 2.75) is 40.7 Å². The molecule has 0 aromatic carbocycles. The number of hydrogen-bond donors (Lipinski definition) is 1. The highest BCUT2D eigenvalue weighted by atomic mass is 14.7. The van der Waals surface area contributed by atoms with E-state index in [2.05, 4.69) is 34.6 Å². The second kappa shape index (κ2) is 3.37. The van der Waals surface area contributed by atoms with Crippen LogP contribution < -0.4 is 5.73 Å². The third-order valence-electron chi connectivity index (χ3n) is 3.89. The Morgan fingerprint density at radius 2 is 1.42 bits per heavy atom.